The lowest BCUT2D eigenvalue weighted by molar-refractivity contribution is 0.772. The standard InChI is InChI=1S/C11H11ClN2.C5H12/c1-8-5-9(7-10(12)6-8)11-13-3-4-14(11)2;1-3-5-4-2/h3-7H,1-2H3;3-5H2,1-2H3. The third kappa shape index (κ3) is 5.07. The Bertz CT molecular complexity index is 481. The van der Waals surface area contributed by atoms with Crippen molar-refractivity contribution in [3.63, 3.8) is 0 Å². The molecule has 0 aliphatic rings. The Kier molecular flexibility index (Phi) is 6.65. The van der Waals surface area contributed by atoms with E-state index in [0.29, 0.717) is 0 Å². The first-order chi connectivity index (χ1) is 9.08. The zero-order valence-electron chi connectivity index (χ0n) is 12.3. The summed E-state index contributed by atoms with van der Waals surface area (Å²) < 4.78 is 1.98. The molecule has 0 spiro atoms. The summed E-state index contributed by atoms with van der Waals surface area (Å²) in [6, 6.07) is 5.94. The quantitative estimate of drug-likeness (QED) is 0.750. The van der Waals surface area contributed by atoms with Gasteiger partial charge < -0.3 is 4.57 Å². The van der Waals surface area contributed by atoms with E-state index in [2.05, 4.69) is 24.9 Å². The Morgan fingerprint density at radius 2 is 1.84 bits per heavy atom. The van der Waals surface area contributed by atoms with Crippen LogP contribution < -0.4 is 0 Å². The first-order valence-electron chi connectivity index (χ1n) is 6.83. The average molecular weight is 279 g/mol. The van der Waals surface area contributed by atoms with Gasteiger partial charge in [-0.1, -0.05) is 44.7 Å². The number of unbranched alkanes of at least 4 members (excludes halogenated alkanes) is 2. The third-order valence-electron chi connectivity index (χ3n) is 2.83. The fraction of sp³-hybridized carbons (Fsp3) is 0.438. The van der Waals surface area contributed by atoms with Gasteiger partial charge in [-0.15, -0.1) is 0 Å². The van der Waals surface area contributed by atoms with Gasteiger partial charge in [0.25, 0.3) is 0 Å². The Balaban J connectivity index is 0.000000312. The molecule has 3 heteroatoms. The van der Waals surface area contributed by atoms with Crippen LogP contribution in [0.15, 0.2) is 30.6 Å². The van der Waals surface area contributed by atoms with E-state index >= 15 is 0 Å². The summed E-state index contributed by atoms with van der Waals surface area (Å²) >= 11 is 5.98. The number of rotatable bonds is 3. The Labute approximate surface area is 121 Å². The number of hydrogen-bond acceptors (Lipinski definition) is 1. The molecule has 0 radical (unpaired) electrons. The van der Waals surface area contributed by atoms with Crippen molar-refractivity contribution in [3.05, 3.63) is 41.2 Å². The van der Waals surface area contributed by atoms with E-state index in [1.807, 2.05) is 36.9 Å². The van der Waals surface area contributed by atoms with Crippen molar-refractivity contribution in [2.24, 2.45) is 7.05 Å². The normalized spacial score (nSPS) is 9.95. The van der Waals surface area contributed by atoms with Gasteiger partial charge in [0, 0.05) is 30.0 Å². The molecule has 0 fully saturated rings. The summed E-state index contributed by atoms with van der Waals surface area (Å²) in [6.07, 6.45) is 7.78. The highest BCUT2D eigenvalue weighted by Crippen LogP contribution is 2.22. The number of aryl methyl sites for hydroxylation is 2. The molecule has 0 aliphatic heterocycles. The number of nitrogens with zero attached hydrogens (tertiary/aromatic N) is 2. The Hall–Kier alpha value is -1.28. The number of imidazole rings is 1. The lowest BCUT2D eigenvalue weighted by Gasteiger charge is -2.03. The lowest BCUT2D eigenvalue weighted by Crippen LogP contribution is -1.91. The highest BCUT2D eigenvalue weighted by Gasteiger charge is 2.04. The molecule has 1 aromatic heterocycles. The van der Waals surface area contributed by atoms with E-state index < -0.39 is 0 Å². The second kappa shape index (κ2) is 8.00. The molecule has 0 bridgehead atoms. The minimum Gasteiger partial charge on any atom is -0.334 e. The largest absolute Gasteiger partial charge is 0.334 e. The maximum atomic E-state index is 5.98. The molecule has 2 rings (SSSR count). The second-order valence-corrected chi connectivity index (χ2v) is 5.17. The smallest absolute Gasteiger partial charge is 0.139 e. The van der Waals surface area contributed by atoms with Crippen LogP contribution >= 0.6 is 11.6 Å². The van der Waals surface area contributed by atoms with Crippen LogP contribution in [-0.2, 0) is 7.05 Å². The van der Waals surface area contributed by atoms with Crippen molar-refractivity contribution >= 4 is 11.6 Å². The zero-order valence-corrected chi connectivity index (χ0v) is 13.0. The second-order valence-electron chi connectivity index (χ2n) is 4.73. The van der Waals surface area contributed by atoms with Gasteiger partial charge in [0.15, 0.2) is 0 Å². The van der Waals surface area contributed by atoms with Crippen LogP contribution in [0, 0.1) is 6.92 Å². The topological polar surface area (TPSA) is 17.8 Å². The maximum Gasteiger partial charge on any atom is 0.139 e. The first kappa shape index (κ1) is 15.8. The minimum atomic E-state index is 0.753. The molecule has 0 N–H and O–H groups in total. The van der Waals surface area contributed by atoms with Crippen LogP contribution in [0.3, 0.4) is 0 Å². The van der Waals surface area contributed by atoms with Gasteiger partial charge in [-0.05, 0) is 30.7 Å². The van der Waals surface area contributed by atoms with Crippen LogP contribution in [0.4, 0.5) is 0 Å². The fourth-order valence-electron chi connectivity index (χ4n) is 1.86. The monoisotopic (exact) mass is 278 g/mol. The van der Waals surface area contributed by atoms with Crippen molar-refractivity contribution in [3.8, 4) is 11.4 Å². The van der Waals surface area contributed by atoms with E-state index in [1.165, 1.54) is 19.3 Å². The molecule has 0 atom stereocenters. The number of aromatic nitrogens is 2. The summed E-state index contributed by atoms with van der Waals surface area (Å²) in [5, 5.41) is 0.753. The summed E-state index contributed by atoms with van der Waals surface area (Å²) in [5.41, 5.74) is 2.21. The summed E-state index contributed by atoms with van der Waals surface area (Å²) in [4.78, 5) is 4.27. The molecule has 1 aromatic carbocycles. The van der Waals surface area contributed by atoms with E-state index in [4.69, 9.17) is 11.6 Å². The number of hydrogen-bond donors (Lipinski definition) is 0. The molecular formula is C16H23ClN2. The van der Waals surface area contributed by atoms with Crippen molar-refractivity contribution in [1.29, 1.82) is 0 Å². The van der Waals surface area contributed by atoms with Gasteiger partial charge >= 0.3 is 0 Å². The highest BCUT2D eigenvalue weighted by atomic mass is 35.5. The number of benzene rings is 1. The predicted molar refractivity (Wildman–Crippen MR) is 83.6 cm³/mol. The van der Waals surface area contributed by atoms with Crippen molar-refractivity contribution in [2.75, 3.05) is 0 Å². The molecule has 2 nitrogen and oxygen atoms in total. The molecule has 1 heterocycles. The zero-order chi connectivity index (χ0) is 14.3. The van der Waals surface area contributed by atoms with Crippen LogP contribution in [0.5, 0.6) is 0 Å². The molecular weight excluding hydrogens is 256 g/mol. The predicted octanol–water partition coefficient (Wildman–Crippen LogP) is 5.25. The maximum absolute atomic E-state index is 5.98. The highest BCUT2D eigenvalue weighted by molar-refractivity contribution is 6.30. The van der Waals surface area contributed by atoms with E-state index in [9.17, 15) is 0 Å². The Morgan fingerprint density at radius 1 is 1.16 bits per heavy atom. The number of halogens is 1. The molecule has 0 aliphatic carbocycles. The van der Waals surface area contributed by atoms with E-state index in [0.717, 1.165) is 22.0 Å². The molecule has 0 amide bonds. The molecule has 2 aromatic rings. The van der Waals surface area contributed by atoms with Gasteiger partial charge in [-0.3, -0.25) is 0 Å². The van der Waals surface area contributed by atoms with Gasteiger partial charge in [0.1, 0.15) is 5.82 Å². The molecule has 19 heavy (non-hydrogen) atoms. The van der Waals surface area contributed by atoms with Crippen LogP contribution in [0.2, 0.25) is 5.02 Å². The molecule has 104 valence electrons. The van der Waals surface area contributed by atoms with Gasteiger partial charge in [-0.25, -0.2) is 4.98 Å². The van der Waals surface area contributed by atoms with Crippen LogP contribution in [0.1, 0.15) is 38.7 Å². The average Bonchev–Trinajstić information content (AvgIpc) is 2.76. The van der Waals surface area contributed by atoms with Gasteiger partial charge in [-0.2, -0.15) is 0 Å². The van der Waals surface area contributed by atoms with E-state index in [1.54, 1.807) is 6.20 Å². The van der Waals surface area contributed by atoms with Gasteiger partial charge in [0.2, 0.25) is 0 Å². The summed E-state index contributed by atoms with van der Waals surface area (Å²) in [7, 11) is 1.97. The van der Waals surface area contributed by atoms with Crippen molar-refractivity contribution < 1.29 is 0 Å². The lowest BCUT2D eigenvalue weighted by atomic mass is 10.1. The third-order valence-corrected chi connectivity index (χ3v) is 3.05. The van der Waals surface area contributed by atoms with Crippen LogP contribution in [-0.4, -0.2) is 9.55 Å². The van der Waals surface area contributed by atoms with Crippen molar-refractivity contribution in [2.45, 2.75) is 40.0 Å². The first-order valence-corrected chi connectivity index (χ1v) is 7.21. The Morgan fingerprint density at radius 3 is 2.26 bits per heavy atom. The molecule has 0 unspecified atom stereocenters. The summed E-state index contributed by atoms with van der Waals surface area (Å²) in [5.74, 6) is 0.940. The van der Waals surface area contributed by atoms with Gasteiger partial charge in [0.05, 0.1) is 0 Å². The summed E-state index contributed by atoms with van der Waals surface area (Å²) in [6.45, 7) is 6.45. The fourth-order valence-corrected chi connectivity index (χ4v) is 2.15. The molecule has 0 saturated carbocycles. The van der Waals surface area contributed by atoms with Crippen LogP contribution in [0.25, 0.3) is 11.4 Å². The molecule has 0 saturated heterocycles. The SMILES string of the molecule is CCCCC.Cc1cc(Cl)cc(-c2nccn2C)c1. The van der Waals surface area contributed by atoms with Crippen molar-refractivity contribution in [1.82, 2.24) is 9.55 Å². The minimum absolute atomic E-state index is 0.753. The van der Waals surface area contributed by atoms with E-state index in [-0.39, 0.29) is 0 Å².